The number of aromatic nitrogens is 2. The molecule has 0 spiro atoms. The molecule has 0 aliphatic rings. The third kappa shape index (κ3) is 3.88. The minimum absolute atomic E-state index is 0.0491. The molecule has 2 rings (SSSR count). The lowest BCUT2D eigenvalue weighted by molar-refractivity contribution is -0.138. The van der Waals surface area contributed by atoms with Crippen LogP contribution in [0.15, 0.2) is 33.2 Å². The van der Waals surface area contributed by atoms with E-state index in [4.69, 9.17) is 9.52 Å². The molecule has 0 unspecified atom stereocenters. The van der Waals surface area contributed by atoms with Gasteiger partial charge in [-0.15, -0.1) is 10.2 Å². The van der Waals surface area contributed by atoms with Gasteiger partial charge in [-0.05, 0) is 30.8 Å². The Morgan fingerprint density at radius 3 is 2.65 bits per heavy atom. The van der Waals surface area contributed by atoms with E-state index in [1.54, 1.807) is 4.90 Å². The number of carboxylic acids is 1. The number of hydrogen-bond donors (Lipinski definition) is 1. The van der Waals surface area contributed by atoms with E-state index in [1.165, 1.54) is 0 Å². The summed E-state index contributed by atoms with van der Waals surface area (Å²) in [5.74, 6) is -0.0376. The molecule has 0 saturated heterocycles. The molecule has 1 heterocycles. The standard InChI is InChI=1S/C13H14BrN3O3/c1-2-17(8-12(18)19)7-11-15-16-13(20-11)9-3-5-10(14)6-4-9/h3-6H,2,7-8H2,1H3,(H,18,19). The molecule has 1 N–H and O–H groups in total. The fourth-order valence-electron chi connectivity index (χ4n) is 1.69. The average Bonchev–Trinajstić information content (AvgIpc) is 2.87. The molecule has 106 valence electrons. The Hall–Kier alpha value is -1.73. The van der Waals surface area contributed by atoms with Crippen molar-refractivity contribution in [3.8, 4) is 11.5 Å². The molecule has 1 aromatic carbocycles. The van der Waals surface area contributed by atoms with Crippen molar-refractivity contribution in [1.29, 1.82) is 0 Å². The molecule has 0 atom stereocenters. The molecular formula is C13H14BrN3O3. The fourth-order valence-corrected chi connectivity index (χ4v) is 1.95. The molecule has 0 bridgehead atoms. The van der Waals surface area contributed by atoms with Gasteiger partial charge in [0.1, 0.15) is 0 Å². The van der Waals surface area contributed by atoms with E-state index in [-0.39, 0.29) is 6.54 Å². The van der Waals surface area contributed by atoms with Crippen LogP contribution in [0.2, 0.25) is 0 Å². The van der Waals surface area contributed by atoms with Gasteiger partial charge >= 0.3 is 5.97 Å². The third-order valence-electron chi connectivity index (χ3n) is 2.72. The molecule has 0 saturated carbocycles. The highest BCUT2D eigenvalue weighted by atomic mass is 79.9. The number of carbonyl (C=O) groups is 1. The number of likely N-dealkylation sites (N-methyl/N-ethyl adjacent to an activating group) is 1. The van der Waals surface area contributed by atoms with Crippen LogP contribution in [0.3, 0.4) is 0 Å². The number of hydrogen-bond acceptors (Lipinski definition) is 5. The molecule has 0 aliphatic heterocycles. The van der Waals surface area contributed by atoms with Crippen molar-refractivity contribution < 1.29 is 14.3 Å². The Labute approximate surface area is 124 Å². The minimum atomic E-state index is -0.875. The minimum Gasteiger partial charge on any atom is -0.480 e. The number of halogens is 1. The first-order valence-corrected chi connectivity index (χ1v) is 6.90. The Morgan fingerprint density at radius 1 is 1.35 bits per heavy atom. The van der Waals surface area contributed by atoms with Crippen LogP contribution in [0, 0.1) is 0 Å². The van der Waals surface area contributed by atoms with Gasteiger partial charge < -0.3 is 9.52 Å². The Bertz CT molecular complexity index is 583. The Morgan fingerprint density at radius 2 is 2.05 bits per heavy atom. The molecule has 0 fully saturated rings. The largest absolute Gasteiger partial charge is 0.480 e. The molecule has 1 aromatic heterocycles. The molecule has 0 aliphatic carbocycles. The predicted molar refractivity (Wildman–Crippen MR) is 76.0 cm³/mol. The lowest BCUT2D eigenvalue weighted by Crippen LogP contribution is -2.29. The van der Waals surface area contributed by atoms with Crippen molar-refractivity contribution in [2.75, 3.05) is 13.1 Å². The predicted octanol–water partition coefficient (Wildman–Crippen LogP) is 2.41. The highest BCUT2D eigenvalue weighted by Gasteiger charge is 2.13. The van der Waals surface area contributed by atoms with Gasteiger partial charge in [0.15, 0.2) is 0 Å². The van der Waals surface area contributed by atoms with E-state index in [9.17, 15) is 4.79 Å². The lowest BCUT2D eigenvalue weighted by atomic mass is 10.2. The summed E-state index contributed by atoms with van der Waals surface area (Å²) in [7, 11) is 0. The fraction of sp³-hybridized carbons (Fsp3) is 0.308. The van der Waals surface area contributed by atoms with Crippen molar-refractivity contribution >= 4 is 21.9 Å². The number of nitrogens with zero attached hydrogens (tertiary/aromatic N) is 3. The summed E-state index contributed by atoms with van der Waals surface area (Å²) in [6.07, 6.45) is 0. The van der Waals surface area contributed by atoms with Gasteiger partial charge in [0.2, 0.25) is 11.8 Å². The van der Waals surface area contributed by atoms with Crippen molar-refractivity contribution in [3.63, 3.8) is 0 Å². The van der Waals surface area contributed by atoms with E-state index in [2.05, 4.69) is 26.1 Å². The third-order valence-corrected chi connectivity index (χ3v) is 3.25. The highest BCUT2D eigenvalue weighted by molar-refractivity contribution is 9.10. The quantitative estimate of drug-likeness (QED) is 0.870. The Balaban J connectivity index is 2.08. The summed E-state index contributed by atoms with van der Waals surface area (Å²) in [4.78, 5) is 12.4. The number of aliphatic carboxylic acids is 1. The monoisotopic (exact) mass is 339 g/mol. The average molecular weight is 340 g/mol. The van der Waals surface area contributed by atoms with Gasteiger partial charge in [0.05, 0.1) is 13.1 Å². The molecule has 0 amide bonds. The first-order chi connectivity index (χ1) is 9.58. The first kappa shape index (κ1) is 14.7. The zero-order valence-electron chi connectivity index (χ0n) is 10.9. The second kappa shape index (κ2) is 6.62. The van der Waals surface area contributed by atoms with Crippen LogP contribution >= 0.6 is 15.9 Å². The lowest BCUT2D eigenvalue weighted by Gasteiger charge is -2.14. The van der Waals surface area contributed by atoms with Crippen LogP contribution in [0.25, 0.3) is 11.5 Å². The molecule has 20 heavy (non-hydrogen) atoms. The number of carboxylic acid groups (broad SMARTS) is 1. The normalized spacial score (nSPS) is 10.9. The molecule has 6 nitrogen and oxygen atoms in total. The van der Waals surface area contributed by atoms with Gasteiger partial charge in [-0.3, -0.25) is 9.69 Å². The zero-order valence-corrected chi connectivity index (χ0v) is 12.5. The summed E-state index contributed by atoms with van der Waals surface area (Å²) in [5, 5.41) is 16.7. The van der Waals surface area contributed by atoms with Crippen LogP contribution in [-0.4, -0.2) is 39.3 Å². The topological polar surface area (TPSA) is 79.5 Å². The van der Waals surface area contributed by atoms with Crippen LogP contribution in [0.5, 0.6) is 0 Å². The van der Waals surface area contributed by atoms with Crippen molar-refractivity contribution in [3.05, 3.63) is 34.6 Å². The summed E-state index contributed by atoms with van der Waals surface area (Å²) in [6.45, 7) is 2.76. The maximum Gasteiger partial charge on any atom is 0.317 e. The maximum atomic E-state index is 10.7. The van der Waals surface area contributed by atoms with E-state index in [0.717, 1.165) is 10.0 Å². The van der Waals surface area contributed by atoms with E-state index >= 15 is 0 Å². The van der Waals surface area contributed by atoms with Gasteiger partial charge in [-0.2, -0.15) is 0 Å². The number of rotatable bonds is 6. The zero-order chi connectivity index (χ0) is 14.5. The summed E-state index contributed by atoms with van der Waals surface area (Å²) in [6, 6.07) is 7.52. The van der Waals surface area contributed by atoms with E-state index in [1.807, 2.05) is 31.2 Å². The molecule has 0 radical (unpaired) electrons. The highest BCUT2D eigenvalue weighted by Crippen LogP contribution is 2.20. The van der Waals surface area contributed by atoms with Crippen molar-refractivity contribution in [1.82, 2.24) is 15.1 Å². The van der Waals surface area contributed by atoms with E-state index < -0.39 is 5.97 Å². The summed E-state index contributed by atoms with van der Waals surface area (Å²) < 4.78 is 6.52. The Kier molecular flexibility index (Phi) is 4.86. The second-order valence-electron chi connectivity index (χ2n) is 4.20. The van der Waals surface area contributed by atoms with Crippen LogP contribution < -0.4 is 0 Å². The first-order valence-electron chi connectivity index (χ1n) is 6.11. The summed E-state index contributed by atoms with van der Waals surface area (Å²) in [5.41, 5.74) is 0.827. The van der Waals surface area contributed by atoms with Gasteiger partial charge in [0, 0.05) is 10.0 Å². The van der Waals surface area contributed by atoms with Gasteiger partial charge in [-0.1, -0.05) is 22.9 Å². The van der Waals surface area contributed by atoms with Gasteiger partial charge in [-0.25, -0.2) is 0 Å². The summed E-state index contributed by atoms with van der Waals surface area (Å²) >= 11 is 3.36. The van der Waals surface area contributed by atoms with Crippen LogP contribution in [0.1, 0.15) is 12.8 Å². The van der Waals surface area contributed by atoms with Crippen molar-refractivity contribution in [2.45, 2.75) is 13.5 Å². The molecular weight excluding hydrogens is 326 g/mol. The molecule has 2 aromatic rings. The SMILES string of the molecule is CCN(CC(=O)O)Cc1nnc(-c2ccc(Br)cc2)o1. The van der Waals surface area contributed by atoms with E-state index in [0.29, 0.717) is 24.9 Å². The van der Waals surface area contributed by atoms with Gasteiger partial charge in [0.25, 0.3) is 0 Å². The number of benzene rings is 1. The second-order valence-corrected chi connectivity index (χ2v) is 5.12. The van der Waals surface area contributed by atoms with Crippen molar-refractivity contribution in [2.24, 2.45) is 0 Å². The smallest absolute Gasteiger partial charge is 0.317 e. The van der Waals surface area contributed by atoms with Crippen LogP contribution in [0.4, 0.5) is 0 Å². The molecule has 7 heteroatoms. The maximum absolute atomic E-state index is 10.7. The van der Waals surface area contributed by atoms with Crippen LogP contribution in [-0.2, 0) is 11.3 Å².